The highest BCUT2D eigenvalue weighted by atomic mass is 35.5. The van der Waals surface area contributed by atoms with Crippen molar-refractivity contribution in [2.45, 2.75) is 19.0 Å². The fourth-order valence-corrected chi connectivity index (χ4v) is 2.24. The minimum atomic E-state index is -0.419. The van der Waals surface area contributed by atoms with Crippen LogP contribution in [-0.2, 0) is 6.54 Å². The van der Waals surface area contributed by atoms with Crippen LogP contribution in [0.3, 0.4) is 0 Å². The molecule has 1 saturated heterocycles. The lowest BCUT2D eigenvalue weighted by atomic mass is 10.2. The molecule has 2 N–H and O–H groups in total. The number of methoxy groups -OCH3 is 1. The molecule has 0 aliphatic carbocycles. The van der Waals surface area contributed by atoms with E-state index in [-0.39, 0.29) is 24.1 Å². The molecule has 1 atom stereocenters. The number of nitro benzene ring substituents is 1. The number of halogens is 1. The van der Waals surface area contributed by atoms with Crippen molar-refractivity contribution in [3.05, 3.63) is 33.9 Å². The molecule has 19 heavy (non-hydrogen) atoms. The number of nitrogens with two attached hydrogens (primary N) is 1. The number of benzene rings is 1. The fourth-order valence-electron chi connectivity index (χ4n) is 2.24. The Hall–Kier alpha value is -1.37. The van der Waals surface area contributed by atoms with Crippen LogP contribution in [0.4, 0.5) is 5.69 Å². The van der Waals surface area contributed by atoms with Crippen molar-refractivity contribution >= 4 is 18.1 Å². The van der Waals surface area contributed by atoms with Crippen molar-refractivity contribution in [2.75, 3.05) is 20.2 Å². The van der Waals surface area contributed by atoms with Crippen molar-refractivity contribution in [1.82, 2.24) is 4.90 Å². The second-order valence-corrected chi connectivity index (χ2v) is 4.55. The van der Waals surface area contributed by atoms with Gasteiger partial charge in [0, 0.05) is 31.7 Å². The first-order valence-electron chi connectivity index (χ1n) is 5.89. The zero-order chi connectivity index (χ0) is 13.1. The van der Waals surface area contributed by atoms with Crippen molar-refractivity contribution < 1.29 is 9.66 Å². The highest BCUT2D eigenvalue weighted by Crippen LogP contribution is 2.28. The summed E-state index contributed by atoms with van der Waals surface area (Å²) in [5.41, 5.74) is 6.76. The number of rotatable bonds is 4. The number of likely N-dealkylation sites (tertiary alicyclic amines) is 1. The Labute approximate surface area is 118 Å². The van der Waals surface area contributed by atoms with Gasteiger partial charge in [-0.3, -0.25) is 15.0 Å². The lowest BCUT2D eigenvalue weighted by molar-refractivity contribution is -0.385. The average Bonchev–Trinajstić information content (AvgIpc) is 2.74. The molecule has 1 heterocycles. The van der Waals surface area contributed by atoms with Gasteiger partial charge in [-0.25, -0.2) is 0 Å². The van der Waals surface area contributed by atoms with Gasteiger partial charge in [0.25, 0.3) is 0 Å². The van der Waals surface area contributed by atoms with Crippen LogP contribution >= 0.6 is 12.4 Å². The summed E-state index contributed by atoms with van der Waals surface area (Å²) in [6.45, 7) is 2.49. The van der Waals surface area contributed by atoms with Gasteiger partial charge in [-0.1, -0.05) is 6.07 Å². The van der Waals surface area contributed by atoms with Crippen LogP contribution in [0.5, 0.6) is 5.75 Å². The third-order valence-electron chi connectivity index (χ3n) is 3.15. The van der Waals surface area contributed by atoms with Crippen molar-refractivity contribution in [1.29, 1.82) is 0 Å². The van der Waals surface area contributed by atoms with Gasteiger partial charge >= 0.3 is 5.69 Å². The van der Waals surface area contributed by atoms with Crippen LogP contribution < -0.4 is 10.5 Å². The summed E-state index contributed by atoms with van der Waals surface area (Å²) in [6.07, 6.45) is 0.984. The lowest BCUT2D eigenvalue weighted by Crippen LogP contribution is -2.26. The van der Waals surface area contributed by atoms with E-state index in [0.717, 1.165) is 25.1 Å². The monoisotopic (exact) mass is 287 g/mol. The third-order valence-corrected chi connectivity index (χ3v) is 3.15. The van der Waals surface area contributed by atoms with Gasteiger partial charge in [-0.15, -0.1) is 12.4 Å². The summed E-state index contributed by atoms with van der Waals surface area (Å²) in [7, 11) is 1.43. The van der Waals surface area contributed by atoms with Crippen LogP contribution in [0.2, 0.25) is 0 Å². The van der Waals surface area contributed by atoms with Crippen LogP contribution in [0.25, 0.3) is 0 Å². The van der Waals surface area contributed by atoms with E-state index in [4.69, 9.17) is 10.5 Å². The molecule has 7 heteroatoms. The SMILES string of the molecule is COc1ccc(CN2CC[C@H](N)C2)cc1[N+](=O)[O-].Cl. The maximum atomic E-state index is 10.9. The first kappa shape index (κ1) is 15.7. The average molecular weight is 288 g/mol. The second-order valence-electron chi connectivity index (χ2n) is 4.55. The molecule has 0 saturated carbocycles. The van der Waals surface area contributed by atoms with E-state index in [1.807, 2.05) is 6.07 Å². The third kappa shape index (κ3) is 3.79. The molecule has 106 valence electrons. The molecule has 1 aromatic carbocycles. The topological polar surface area (TPSA) is 81.6 Å². The molecule has 0 amide bonds. The van der Waals surface area contributed by atoms with Crippen molar-refractivity contribution in [2.24, 2.45) is 5.73 Å². The molecule has 1 fully saturated rings. The summed E-state index contributed by atoms with van der Waals surface area (Å²) < 4.78 is 4.97. The largest absolute Gasteiger partial charge is 0.490 e. The zero-order valence-corrected chi connectivity index (χ0v) is 11.6. The zero-order valence-electron chi connectivity index (χ0n) is 10.7. The van der Waals surface area contributed by atoms with Gasteiger partial charge in [0.2, 0.25) is 0 Å². The Morgan fingerprint density at radius 1 is 1.58 bits per heavy atom. The Morgan fingerprint density at radius 3 is 2.84 bits per heavy atom. The molecule has 1 aliphatic rings. The standard InChI is InChI=1S/C12H17N3O3.ClH/c1-18-12-3-2-9(6-11(12)15(16)17)7-14-5-4-10(13)8-14;/h2-3,6,10H,4-5,7-8,13H2,1H3;1H/t10-;/m0./s1. The number of nitrogens with zero attached hydrogens (tertiary/aromatic N) is 2. The lowest BCUT2D eigenvalue weighted by Gasteiger charge is -2.15. The summed E-state index contributed by atoms with van der Waals surface area (Å²) in [6, 6.07) is 5.29. The van der Waals surface area contributed by atoms with E-state index in [0.29, 0.717) is 12.3 Å². The first-order valence-corrected chi connectivity index (χ1v) is 5.89. The quantitative estimate of drug-likeness (QED) is 0.671. The molecule has 0 bridgehead atoms. The summed E-state index contributed by atoms with van der Waals surface area (Å²) >= 11 is 0. The van der Waals surface area contributed by atoms with Gasteiger partial charge in [-0.2, -0.15) is 0 Å². The van der Waals surface area contributed by atoms with E-state index in [1.54, 1.807) is 12.1 Å². The Bertz CT molecular complexity index is 456. The van der Waals surface area contributed by atoms with Gasteiger partial charge < -0.3 is 10.5 Å². The molecule has 2 rings (SSSR count). The van der Waals surface area contributed by atoms with Crippen molar-refractivity contribution in [3.63, 3.8) is 0 Å². The molecule has 6 nitrogen and oxygen atoms in total. The van der Waals surface area contributed by atoms with Gasteiger partial charge in [0.05, 0.1) is 12.0 Å². The molecule has 0 unspecified atom stereocenters. The minimum Gasteiger partial charge on any atom is -0.490 e. The Balaban J connectivity index is 0.00000180. The van der Waals surface area contributed by atoms with Gasteiger partial charge in [0.15, 0.2) is 5.75 Å². The van der Waals surface area contributed by atoms with E-state index in [9.17, 15) is 10.1 Å². The first-order chi connectivity index (χ1) is 8.60. The van der Waals surface area contributed by atoms with E-state index in [1.165, 1.54) is 7.11 Å². The molecule has 0 spiro atoms. The van der Waals surface area contributed by atoms with Crippen LogP contribution in [0, 0.1) is 10.1 Å². The number of hydrogen-bond donors (Lipinski definition) is 1. The predicted octanol–water partition coefficient (Wildman–Crippen LogP) is 1.56. The Kier molecular flexibility index (Phi) is 5.53. The van der Waals surface area contributed by atoms with E-state index in [2.05, 4.69) is 4.90 Å². The Morgan fingerprint density at radius 2 is 2.32 bits per heavy atom. The highest BCUT2D eigenvalue weighted by molar-refractivity contribution is 5.85. The normalized spacial score (nSPS) is 18.9. The maximum absolute atomic E-state index is 10.9. The van der Waals surface area contributed by atoms with Gasteiger partial charge in [0.1, 0.15) is 0 Å². The molecular weight excluding hydrogens is 270 g/mol. The summed E-state index contributed by atoms with van der Waals surface area (Å²) in [5, 5.41) is 10.9. The maximum Gasteiger partial charge on any atom is 0.311 e. The van der Waals surface area contributed by atoms with E-state index < -0.39 is 4.92 Å². The number of ether oxygens (including phenoxy) is 1. The van der Waals surface area contributed by atoms with Crippen molar-refractivity contribution in [3.8, 4) is 5.75 Å². The molecule has 1 aromatic rings. The smallest absolute Gasteiger partial charge is 0.311 e. The molecule has 1 aliphatic heterocycles. The minimum absolute atomic E-state index is 0. The van der Waals surface area contributed by atoms with E-state index >= 15 is 0 Å². The number of nitro groups is 1. The number of hydrogen-bond acceptors (Lipinski definition) is 5. The van der Waals surface area contributed by atoms with Crippen LogP contribution in [-0.4, -0.2) is 36.1 Å². The summed E-state index contributed by atoms with van der Waals surface area (Å²) in [4.78, 5) is 12.7. The second kappa shape index (κ2) is 6.70. The van der Waals surface area contributed by atoms with Crippen LogP contribution in [0.1, 0.15) is 12.0 Å². The summed E-state index contributed by atoms with van der Waals surface area (Å²) in [5.74, 6) is 0.293. The molecule has 0 aromatic heterocycles. The van der Waals surface area contributed by atoms with Crippen LogP contribution in [0.15, 0.2) is 18.2 Å². The molecular formula is C12H18ClN3O3. The molecule has 0 radical (unpaired) electrons. The van der Waals surface area contributed by atoms with Gasteiger partial charge in [-0.05, 0) is 18.1 Å². The highest BCUT2D eigenvalue weighted by Gasteiger charge is 2.21. The fraction of sp³-hybridized carbons (Fsp3) is 0.500. The predicted molar refractivity (Wildman–Crippen MR) is 74.8 cm³/mol.